The van der Waals surface area contributed by atoms with Gasteiger partial charge in [-0.15, -0.1) is 0 Å². The topological polar surface area (TPSA) is 85.7 Å². The summed E-state index contributed by atoms with van der Waals surface area (Å²) < 4.78 is 12.6. The molecule has 0 unspecified atom stereocenters. The highest BCUT2D eigenvalue weighted by atomic mass is 16.5. The van der Waals surface area contributed by atoms with E-state index in [1.165, 1.54) is 0 Å². The highest BCUT2D eigenvalue weighted by Gasteiger charge is 2.28. The Morgan fingerprint density at radius 2 is 1.90 bits per heavy atom. The summed E-state index contributed by atoms with van der Waals surface area (Å²) in [6, 6.07) is 5.17. The highest BCUT2D eigenvalue weighted by Crippen LogP contribution is 2.28. The summed E-state index contributed by atoms with van der Waals surface area (Å²) in [5.41, 5.74) is 0.561. The maximum Gasteiger partial charge on any atom is 0.253 e. The second-order valence-corrected chi connectivity index (χ2v) is 7.45. The molecule has 8 heteroatoms. The Hall–Kier alpha value is -3.03. The molecule has 0 radical (unpaired) electrons. The lowest BCUT2D eigenvalue weighted by Crippen LogP contribution is -2.43. The zero-order valence-corrected chi connectivity index (χ0v) is 17.9. The van der Waals surface area contributed by atoms with E-state index in [9.17, 15) is 9.59 Å². The minimum atomic E-state index is -0.0505. The number of amides is 2. The summed E-state index contributed by atoms with van der Waals surface area (Å²) in [5.74, 6) is 2.08. The summed E-state index contributed by atoms with van der Waals surface area (Å²) in [6.07, 6.45) is 5.93. The molecule has 1 aliphatic rings. The number of hydrogen-bond acceptors (Lipinski definition) is 5. The van der Waals surface area contributed by atoms with Gasteiger partial charge in [0.05, 0.1) is 14.2 Å². The fraction of sp³-hybridized carbons (Fsp3) is 0.500. The van der Waals surface area contributed by atoms with Crippen molar-refractivity contribution in [2.75, 3.05) is 33.9 Å². The first kappa shape index (κ1) is 21.7. The first-order valence-corrected chi connectivity index (χ1v) is 10.3. The van der Waals surface area contributed by atoms with Crippen molar-refractivity contribution in [1.29, 1.82) is 0 Å². The van der Waals surface area contributed by atoms with Gasteiger partial charge in [0, 0.05) is 50.1 Å². The van der Waals surface area contributed by atoms with Crippen LogP contribution < -0.4 is 14.8 Å². The normalized spacial score (nSPS) is 14.4. The second kappa shape index (κ2) is 10.1. The molecule has 2 aromatic rings. The number of aryl methyl sites for hydroxylation is 2. The van der Waals surface area contributed by atoms with Gasteiger partial charge < -0.3 is 24.3 Å². The van der Waals surface area contributed by atoms with Crippen LogP contribution >= 0.6 is 0 Å². The van der Waals surface area contributed by atoms with E-state index in [0.29, 0.717) is 49.5 Å². The number of benzene rings is 1. The van der Waals surface area contributed by atoms with Crippen molar-refractivity contribution in [3.8, 4) is 11.5 Å². The predicted octanol–water partition coefficient (Wildman–Crippen LogP) is 2.27. The molecule has 1 fully saturated rings. The summed E-state index contributed by atoms with van der Waals surface area (Å²) in [7, 11) is 3.11. The summed E-state index contributed by atoms with van der Waals surface area (Å²) >= 11 is 0. The average Bonchev–Trinajstić information content (AvgIpc) is 3.20. The maximum atomic E-state index is 12.8. The number of carbonyl (C=O) groups excluding carboxylic acids is 2. The summed E-state index contributed by atoms with van der Waals surface area (Å²) in [6.45, 7) is 4.58. The van der Waals surface area contributed by atoms with Crippen LogP contribution in [0.5, 0.6) is 11.5 Å². The lowest BCUT2D eigenvalue weighted by molar-refractivity contribution is -0.126. The number of nitrogens with one attached hydrogen (secondary N) is 1. The van der Waals surface area contributed by atoms with Crippen LogP contribution in [0.15, 0.2) is 30.6 Å². The van der Waals surface area contributed by atoms with E-state index >= 15 is 0 Å². The van der Waals surface area contributed by atoms with Crippen molar-refractivity contribution in [1.82, 2.24) is 19.8 Å². The molecule has 1 saturated heterocycles. The lowest BCUT2D eigenvalue weighted by atomic mass is 9.95. The van der Waals surface area contributed by atoms with E-state index in [2.05, 4.69) is 14.9 Å². The largest absolute Gasteiger partial charge is 0.493 e. The van der Waals surface area contributed by atoms with E-state index in [4.69, 9.17) is 9.47 Å². The Bertz CT molecular complexity index is 872. The number of likely N-dealkylation sites (tertiary alicyclic amines) is 1. The van der Waals surface area contributed by atoms with Gasteiger partial charge in [-0.2, -0.15) is 0 Å². The minimum Gasteiger partial charge on any atom is -0.493 e. The van der Waals surface area contributed by atoms with Gasteiger partial charge in [0.1, 0.15) is 5.82 Å². The van der Waals surface area contributed by atoms with Crippen LogP contribution in [0.25, 0.3) is 0 Å². The van der Waals surface area contributed by atoms with Crippen molar-refractivity contribution in [3.05, 3.63) is 42.0 Å². The molecule has 162 valence electrons. The third kappa shape index (κ3) is 5.11. The number of piperidine rings is 1. The Morgan fingerprint density at radius 3 is 2.53 bits per heavy atom. The Kier molecular flexibility index (Phi) is 7.32. The smallest absolute Gasteiger partial charge is 0.253 e. The first-order chi connectivity index (χ1) is 14.5. The van der Waals surface area contributed by atoms with Crippen LogP contribution in [0.3, 0.4) is 0 Å². The van der Waals surface area contributed by atoms with Crippen LogP contribution in [0, 0.1) is 12.8 Å². The Balaban J connectivity index is 1.44. The van der Waals surface area contributed by atoms with Gasteiger partial charge in [0.2, 0.25) is 5.91 Å². The van der Waals surface area contributed by atoms with E-state index in [0.717, 1.165) is 18.8 Å². The van der Waals surface area contributed by atoms with Gasteiger partial charge in [0.25, 0.3) is 5.91 Å². The summed E-state index contributed by atoms with van der Waals surface area (Å²) in [5, 5.41) is 3.03. The van der Waals surface area contributed by atoms with Crippen molar-refractivity contribution in [2.24, 2.45) is 5.92 Å². The number of nitrogens with zero attached hydrogens (tertiary/aromatic N) is 3. The maximum absolute atomic E-state index is 12.8. The molecule has 3 rings (SSSR count). The van der Waals surface area contributed by atoms with Crippen molar-refractivity contribution in [3.63, 3.8) is 0 Å². The molecule has 8 nitrogen and oxygen atoms in total. The zero-order valence-electron chi connectivity index (χ0n) is 17.9. The van der Waals surface area contributed by atoms with Crippen molar-refractivity contribution < 1.29 is 19.1 Å². The van der Waals surface area contributed by atoms with Crippen LogP contribution in [0.1, 0.15) is 35.4 Å². The number of imidazole rings is 1. The molecule has 2 heterocycles. The average molecular weight is 415 g/mol. The molecule has 30 heavy (non-hydrogen) atoms. The quantitative estimate of drug-likeness (QED) is 0.670. The molecule has 1 aromatic heterocycles. The molecule has 1 aromatic carbocycles. The Labute approximate surface area is 177 Å². The molecule has 1 aliphatic heterocycles. The van der Waals surface area contributed by atoms with Crippen molar-refractivity contribution in [2.45, 2.75) is 32.7 Å². The fourth-order valence-corrected chi connectivity index (χ4v) is 3.74. The molecule has 0 atom stereocenters. The number of ether oxygens (including phenoxy) is 2. The van der Waals surface area contributed by atoms with E-state index < -0.39 is 0 Å². The zero-order chi connectivity index (χ0) is 21.5. The number of rotatable bonds is 8. The molecular weight excluding hydrogens is 384 g/mol. The molecule has 1 N–H and O–H groups in total. The van der Waals surface area contributed by atoms with E-state index in [-0.39, 0.29) is 17.7 Å². The number of methoxy groups -OCH3 is 2. The molecular formula is C22H30N4O4. The Morgan fingerprint density at radius 1 is 1.17 bits per heavy atom. The molecule has 2 amide bonds. The predicted molar refractivity (Wildman–Crippen MR) is 113 cm³/mol. The van der Waals surface area contributed by atoms with Crippen molar-refractivity contribution >= 4 is 11.8 Å². The second-order valence-electron chi connectivity index (χ2n) is 7.45. The first-order valence-electron chi connectivity index (χ1n) is 10.3. The highest BCUT2D eigenvalue weighted by molar-refractivity contribution is 5.95. The van der Waals surface area contributed by atoms with Gasteiger partial charge in [-0.1, -0.05) is 0 Å². The van der Waals surface area contributed by atoms with Gasteiger partial charge in [-0.25, -0.2) is 4.98 Å². The van der Waals surface area contributed by atoms with Gasteiger partial charge in [-0.05, 0) is 44.4 Å². The van der Waals surface area contributed by atoms with Crippen LogP contribution in [-0.4, -0.2) is 60.1 Å². The monoisotopic (exact) mass is 414 g/mol. The molecule has 0 aliphatic carbocycles. The number of hydrogen-bond donors (Lipinski definition) is 1. The number of aromatic nitrogens is 2. The molecule has 0 bridgehead atoms. The lowest BCUT2D eigenvalue weighted by Gasteiger charge is -2.31. The number of carbonyl (C=O) groups is 2. The molecule has 0 saturated carbocycles. The van der Waals surface area contributed by atoms with Gasteiger partial charge in [-0.3, -0.25) is 9.59 Å². The standard InChI is InChI=1S/C22H30N4O4/c1-16-23-10-14-25(16)11-4-9-24-21(27)17-7-12-26(13-8-17)22(28)18-5-6-19(29-2)20(15-18)30-3/h5-6,10,14-15,17H,4,7-9,11-13H2,1-3H3,(H,24,27). The van der Waals surface area contributed by atoms with Gasteiger partial charge in [0.15, 0.2) is 11.5 Å². The van der Waals surface area contributed by atoms with Crippen LogP contribution in [0.2, 0.25) is 0 Å². The molecule has 0 spiro atoms. The van der Waals surface area contributed by atoms with E-state index in [1.807, 2.05) is 13.1 Å². The minimum absolute atomic E-state index is 0.0468. The van der Waals surface area contributed by atoms with Crippen LogP contribution in [0.4, 0.5) is 0 Å². The SMILES string of the molecule is COc1ccc(C(=O)N2CCC(C(=O)NCCCn3ccnc3C)CC2)cc1OC. The third-order valence-electron chi connectivity index (χ3n) is 5.58. The van der Waals surface area contributed by atoms with Crippen LogP contribution in [-0.2, 0) is 11.3 Å². The van der Waals surface area contributed by atoms with Gasteiger partial charge >= 0.3 is 0 Å². The third-order valence-corrected chi connectivity index (χ3v) is 5.58. The van der Waals surface area contributed by atoms with E-state index in [1.54, 1.807) is 43.5 Å². The fourth-order valence-electron chi connectivity index (χ4n) is 3.74. The summed E-state index contributed by atoms with van der Waals surface area (Å²) in [4.78, 5) is 31.3.